The predicted octanol–water partition coefficient (Wildman–Crippen LogP) is 5.24. The minimum Gasteiger partial charge on any atom is -0.508 e. The van der Waals surface area contributed by atoms with E-state index in [-0.39, 0.29) is 0 Å². The molecule has 0 heterocycles. The summed E-state index contributed by atoms with van der Waals surface area (Å²) < 4.78 is 1.03. The Labute approximate surface area is 148 Å². The number of phenolic OH excluding ortho intramolecular Hbond substituents is 1. The van der Waals surface area contributed by atoms with Gasteiger partial charge in [0.15, 0.2) is 0 Å². The van der Waals surface area contributed by atoms with E-state index in [0.29, 0.717) is 22.0 Å². The topological polar surface area (TPSA) is 32.3 Å². The molecule has 0 spiro atoms. The first-order chi connectivity index (χ1) is 10.8. The molecule has 23 heavy (non-hydrogen) atoms. The predicted molar refractivity (Wildman–Crippen MR) is 97.4 cm³/mol. The number of halogens is 1. The first kappa shape index (κ1) is 16.0. The van der Waals surface area contributed by atoms with Crippen LogP contribution in [0.5, 0.6) is 5.75 Å². The highest BCUT2D eigenvalue weighted by Gasteiger charge is 2.59. The Morgan fingerprint density at radius 3 is 2.48 bits per heavy atom. The van der Waals surface area contributed by atoms with Crippen LogP contribution in [0.4, 0.5) is 0 Å². The normalized spacial score (nSPS) is 41.4. The van der Waals surface area contributed by atoms with Gasteiger partial charge in [-0.05, 0) is 78.9 Å². The van der Waals surface area contributed by atoms with Crippen molar-refractivity contribution in [3.05, 3.63) is 28.2 Å². The molecule has 2 nitrogen and oxygen atoms in total. The maximum atomic E-state index is 10.0. The molecule has 5 rings (SSSR count). The summed E-state index contributed by atoms with van der Waals surface area (Å²) in [4.78, 5) is 0. The summed E-state index contributed by atoms with van der Waals surface area (Å²) in [5.41, 5.74) is 2.63. The van der Waals surface area contributed by atoms with Crippen LogP contribution >= 0.6 is 15.9 Å². The van der Waals surface area contributed by atoms with Crippen molar-refractivity contribution in [3.63, 3.8) is 0 Å². The van der Waals surface area contributed by atoms with E-state index >= 15 is 0 Å². The minimum atomic E-state index is 0.394. The van der Waals surface area contributed by atoms with Crippen LogP contribution in [-0.2, 0) is 6.54 Å². The van der Waals surface area contributed by atoms with Crippen molar-refractivity contribution in [1.29, 1.82) is 0 Å². The summed E-state index contributed by atoms with van der Waals surface area (Å²) in [6.45, 7) is 6.92. The fourth-order valence-electron chi connectivity index (χ4n) is 7.04. The molecule has 126 valence electrons. The number of rotatable bonds is 4. The van der Waals surface area contributed by atoms with Gasteiger partial charge >= 0.3 is 0 Å². The molecule has 0 saturated heterocycles. The van der Waals surface area contributed by atoms with Gasteiger partial charge in [-0.15, -0.1) is 0 Å². The minimum absolute atomic E-state index is 0.394. The van der Waals surface area contributed by atoms with E-state index < -0.39 is 0 Å². The quantitative estimate of drug-likeness (QED) is 0.751. The third-order valence-electron chi connectivity index (χ3n) is 6.60. The first-order valence-electron chi connectivity index (χ1n) is 8.97. The van der Waals surface area contributed by atoms with E-state index in [0.717, 1.165) is 29.0 Å². The van der Waals surface area contributed by atoms with Crippen LogP contribution in [0.25, 0.3) is 0 Å². The average Bonchev–Trinajstić information content (AvgIpc) is 2.38. The van der Waals surface area contributed by atoms with Crippen molar-refractivity contribution in [2.75, 3.05) is 6.54 Å². The molecule has 1 aromatic carbocycles. The Hall–Kier alpha value is -0.540. The Bertz CT molecular complexity index is 610. The van der Waals surface area contributed by atoms with Gasteiger partial charge in [0.25, 0.3) is 0 Å². The lowest BCUT2D eigenvalue weighted by Crippen LogP contribution is -2.57. The van der Waals surface area contributed by atoms with Crippen molar-refractivity contribution in [1.82, 2.24) is 5.32 Å². The van der Waals surface area contributed by atoms with Gasteiger partial charge in [-0.2, -0.15) is 0 Å². The van der Waals surface area contributed by atoms with Crippen LogP contribution in [0.3, 0.4) is 0 Å². The molecule has 4 bridgehead atoms. The van der Waals surface area contributed by atoms with E-state index in [9.17, 15) is 5.11 Å². The maximum absolute atomic E-state index is 10.0. The summed E-state index contributed by atoms with van der Waals surface area (Å²) in [5.74, 6) is 1.34. The zero-order valence-corrected chi connectivity index (χ0v) is 15.9. The molecule has 2 atom stereocenters. The van der Waals surface area contributed by atoms with Gasteiger partial charge in [-0.25, -0.2) is 0 Å². The fraction of sp³-hybridized carbons (Fsp3) is 0.700. The van der Waals surface area contributed by atoms with Gasteiger partial charge in [-0.3, -0.25) is 0 Å². The zero-order valence-electron chi connectivity index (χ0n) is 14.3. The van der Waals surface area contributed by atoms with E-state index in [4.69, 9.17) is 0 Å². The zero-order chi connectivity index (χ0) is 16.3. The second-order valence-corrected chi connectivity index (χ2v) is 10.4. The number of hydrogen-bond acceptors (Lipinski definition) is 2. The van der Waals surface area contributed by atoms with Gasteiger partial charge in [0, 0.05) is 23.1 Å². The molecule has 0 amide bonds. The molecule has 0 aromatic heterocycles. The number of hydrogen-bond donors (Lipinski definition) is 2. The van der Waals surface area contributed by atoms with Crippen molar-refractivity contribution in [2.45, 2.75) is 58.9 Å². The standard InChI is InChI=1S/C20H28BrNO/c1-18-6-14-7-19(2,10-18)12-20(8-14,11-18)13-22-9-15-5-16(21)3-4-17(15)23/h3-5,14,22-23H,6-13H2,1-2H3. The fourth-order valence-corrected chi connectivity index (χ4v) is 7.45. The van der Waals surface area contributed by atoms with Crippen LogP contribution in [0.15, 0.2) is 22.7 Å². The molecule has 3 heteroatoms. The molecule has 0 radical (unpaired) electrons. The first-order valence-corrected chi connectivity index (χ1v) is 9.76. The maximum Gasteiger partial charge on any atom is 0.120 e. The summed E-state index contributed by atoms with van der Waals surface area (Å²) in [5, 5.41) is 13.7. The van der Waals surface area contributed by atoms with Gasteiger partial charge in [0.05, 0.1) is 0 Å². The third kappa shape index (κ3) is 2.95. The Kier molecular flexibility index (Phi) is 3.63. The number of benzene rings is 1. The van der Waals surface area contributed by atoms with Gasteiger partial charge in [-0.1, -0.05) is 29.8 Å². The second-order valence-electron chi connectivity index (χ2n) is 9.51. The van der Waals surface area contributed by atoms with E-state index in [1.807, 2.05) is 12.1 Å². The summed E-state index contributed by atoms with van der Waals surface area (Å²) in [6, 6.07) is 5.68. The van der Waals surface area contributed by atoms with E-state index in [1.165, 1.54) is 38.5 Å². The molecule has 4 aliphatic carbocycles. The van der Waals surface area contributed by atoms with Crippen LogP contribution in [0.1, 0.15) is 57.9 Å². The average molecular weight is 378 g/mol. The SMILES string of the molecule is CC12CC3CC(C)(C1)CC(CNCc1cc(Br)ccc1O)(C3)C2. The molecule has 4 aliphatic rings. The highest BCUT2D eigenvalue weighted by molar-refractivity contribution is 9.10. The Balaban J connectivity index is 1.46. The molecule has 2 N–H and O–H groups in total. The molecule has 4 fully saturated rings. The van der Waals surface area contributed by atoms with Crippen molar-refractivity contribution >= 4 is 15.9 Å². The lowest BCUT2D eigenvalue weighted by molar-refractivity contribution is -0.143. The van der Waals surface area contributed by atoms with Gasteiger partial charge in [0.1, 0.15) is 5.75 Å². The van der Waals surface area contributed by atoms with E-state index in [1.54, 1.807) is 6.07 Å². The largest absolute Gasteiger partial charge is 0.508 e. The van der Waals surface area contributed by atoms with Crippen LogP contribution in [-0.4, -0.2) is 11.7 Å². The van der Waals surface area contributed by atoms with Crippen LogP contribution < -0.4 is 5.32 Å². The summed E-state index contributed by atoms with van der Waals surface area (Å²) >= 11 is 3.49. The molecular formula is C20H28BrNO. The molecule has 4 saturated carbocycles. The van der Waals surface area contributed by atoms with E-state index in [2.05, 4.69) is 35.1 Å². The van der Waals surface area contributed by atoms with Gasteiger partial charge < -0.3 is 10.4 Å². The highest BCUT2D eigenvalue weighted by Crippen LogP contribution is 2.69. The highest BCUT2D eigenvalue weighted by atomic mass is 79.9. The Morgan fingerprint density at radius 1 is 1.13 bits per heavy atom. The summed E-state index contributed by atoms with van der Waals surface area (Å²) in [6.07, 6.45) is 8.54. The Morgan fingerprint density at radius 2 is 1.83 bits per heavy atom. The molecule has 2 unspecified atom stereocenters. The number of phenols is 1. The lowest BCUT2D eigenvalue weighted by Gasteiger charge is -2.65. The van der Waals surface area contributed by atoms with Crippen LogP contribution in [0, 0.1) is 22.2 Å². The van der Waals surface area contributed by atoms with Crippen LogP contribution in [0.2, 0.25) is 0 Å². The molecular weight excluding hydrogens is 350 g/mol. The third-order valence-corrected chi connectivity index (χ3v) is 7.09. The van der Waals surface area contributed by atoms with Crippen molar-refractivity contribution in [3.8, 4) is 5.75 Å². The molecule has 1 aromatic rings. The number of aromatic hydroxyl groups is 1. The lowest BCUT2D eigenvalue weighted by atomic mass is 9.40. The van der Waals surface area contributed by atoms with Crippen molar-refractivity contribution in [2.24, 2.45) is 22.2 Å². The second kappa shape index (κ2) is 5.23. The monoisotopic (exact) mass is 377 g/mol. The smallest absolute Gasteiger partial charge is 0.120 e. The summed E-state index contributed by atoms with van der Waals surface area (Å²) in [7, 11) is 0. The molecule has 0 aliphatic heterocycles. The van der Waals surface area contributed by atoms with Crippen molar-refractivity contribution < 1.29 is 5.11 Å². The van der Waals surface area contributed by atoms with Gasteiger partial charge in [0.2, 0.25) is 0 Å². The number of nitrogens with one attached hydrogen (secondary N) is 1.